The number of thioether (sulfide) groups is 1. The van der Waals surface area contributed by atoms with Gasteiger partial charge < -0.3 is 9.30 Å². The van der Waals surface area contributed by atoms with Crippen molar-refractivity contribution in [2.24, 2.45) is 0 Å². The average Bonchev–Trinajstić information content (AvgIpc) is 3.57. The van der Waals surface area contributed by atoms with Crippen molar-refractivity contribution in [1.29, 1.82) is 0 Å². The van der Waals surface area contributed by atoms with Gasteiger partial charge in [-0.05, 0) is 69.0 Å². The zero-order valence-corrected chi connectivity index (χ0v) is 22.6. The number of ketones is 1. The summed E-state index contributed by atoms with van der Waals surface area (Å²) in [5.74, 6) is -0.274. The van der Waals surface area contributed by atoms with Gasteiger partial charge in [-0.2, -0.15) is 0 Å². The van der Waals surface area contributed by atoms with Crippen LogP contribution in [0.5, 0.6) is 0 Å². The molecule has 37 heavy (non-hydrogen) atoms. The molecule has 0 amide bonds. The summed E-state index contributed by atoms with van der Waals surface area (Å²) in [6.45, 7) is 8.00. The number of hydrogen-bond acceptors (Lipinski definition) is 7. The first-order valence-electron chi connectivity index (χ1n) is 12.0. The van der Waals surface area contributed by atoms with Crippen molar-refractivity contribution in [1.82, 2.24) is 14.1 Å². The second-order valence-electron chi connectivity index (χ2n) is 9.01. The van der Waals surface area contributed by atoms with E-state index in [9.17, 15) is 14.4 Å². The molecule has 0 radical (unpaired) electrons. The van der Waals surface area contributed by atoms with Crippen LogP contribution in [0.2, 0.25) is 0 Å². The third-order valence-electron chi connectivity index (χ3n) is 6.71. The number of fused-ring (bicyclic) bond motifs is 3. The van der Waals surface area contributed by atoms with Crippen molar-refractivity contribution in [2.75, 3.05) is 12.9 Å². The molecular weight excluding hydrogens is 506 g/mol. The molecule has 0 fully saturated rings. The predicted octanol–water partition coefficient (Wildman–Crippen LogP) is 5.30. The van der Waals surface area contributed by atoms with E-state index in [1.807, 2.05) is 36.6 Å². The molecule has 7 nitrogen and oxygen atoms in total. The number of nitrogens with zero attached hydrogens (tertiary/aromatic N) is 3. The summed E-state index contributed by atoms with van der Waals surface area (Å²) in [4.78, 5) is 45.3. The minimum absolute atomic E-state index is 0.0382. The van der Waals surface area contributed by atoms with Gasteiger partial charge in [-0.1, -0.05) is 17.8 Å². The molecule has 3 heterocycles. The quantitative estimate of drug-likeness (QED) is 0.100. The maximum Gasteiger partial charge on any atom is 0.337 e. The molecule has 0 saturated heterocycles. The summed E-state index contributed by atoms with van der Waals surface area (Å²) in [5, 5.41) is 1.27. The van der Waals surface area contributed by atoms with Gasteiger partial charge in [-0.25, -0.2) is 9.78 Å². The maximum absolute atomic E-state index is 13.4. The smallest absolute Gasteiger partial charge is 0.337 e. The molecule has 0 spiro atoms. The highest BCUT2D eigenvalue weighted by Crippen LogP contribution is 2.35. The molecule has 9 heteroatoms. The zero-order chi connectivity index (χ0) is 26.3. The molecule has 0 aliphatic heterocycles. The van der Waals surface area contributed by atoms with Gasteiger partial charge in [0, 0.05) is 34.1 Å². The van der Waals surface area contributed by atoms with E-state index in [0.717, 1.165) is 52.1 Å². The van der Waals surface area contributed by atoms with Gasteiger partial charge in [-0.15, -0.1) is 17.9 Å². The number of aromatic nitrogens is 3. The van der Waals surface area contributed by atoms with Crippen molar-refractivity contribution in [3.8, 4) is 5.69 Å². The van der Waals surface area contributed by atoms with Crippen molar-refractivity contribution in [3.05, 3.63) is 86.3 Å². The second-order valence-corrected chi connectivity index (χ2v) is 11.0. The van der Waals surface area contributed by atoms with E-state index in [1.54, 1.807) is 34.1 Å². The molecule has 0 N–H and O–H groups in total. The molecule has 0 unspecified atom stereocenters. The summed E-state index contributed by atoms with van der Waals surface area (Å²) in [6.07, 6.45) is 4.69. The summed E-state index contributed by atoms with van der Waals surface area (Å²) in [6, 6.07) is 8.96. The number of carbonyl (C=O) groups excluding carboxylic acids is 2. The van der Waals surface area contributed by atoms with Crippen molar-refractivity contribution >= 4 is 45.1 Å². The third kappa shape index (κ3) is 4.46. The van der Waals surface area contributed by atoms with E-state index in [-0.39, 0.29) is 17.1 Å². The van der Waals surface area contributed by atoms with Crippen molar-refractivity contribution < 1.29 is 14.3 Å². The molecule has 3 aromatic heterocycles. The normalized spacial score (nSPS) is 12.6. The number of rotatable bonds is 8. The van der Waals surface area contributed by atoms with Gasteiger partial charge in [0.1, 0.15) is 4.83 Å². The predicted molar refractivity (Wildman–Crippen MR) is 148 cm³/mol. The standard InChI is InChI=1S/C28H27N3O4S2/c1-5-13-30-26(33)24-20-7-6-8-23(20)37-25(24)29-28(30)36-15-22(32)21-14-16(2)31(17(21)3)19-11-9-18(10-12-19)27(34)35-4/h5,9-12,14H,1,6-8,13,15H2,2-4H3. The van der Waals surface area contributed by atoms with Gasteiger partial charge in [0.15, 0.2) is 10.9 Å². The van der Waals surface area contributed by atoms with E-state index >= 15 is 0 Å². The summed E-state index contributed by atoms with van der Waals surface area (Å²) in [7, 11) is 1.35. The number of benzene rings is 1. The molecule has 0 bridgehead atoms. The van der Waals surface area contributed by atoms with Gasteiger partial charge in [0.05, 0.1) is 23.8 Å². The first-order valence-corrected chi connectivity index (χ1v) is 13.8. The van der Waals surface area contributed by atoms with Crippen LogP contribution in [-0.2, 0) is 24.1 Å². The van der Waals surface area contributed by atoms with Crippen LogP contribution in [0.3, 0.4) is 0 Å². The fraction of sp³-hybridized carbons (Fsp3) is 0.286. The monoisotopic (exact) mass is 533 g/mol. The van der Waals surface area contributed by atoms with Crippen molar-refractivity contribution in [3.63, 3.8) is 0 Å². The summed E-state index contributed by atoms with van der Waals surface area (Å²) < 4.78 is 8.39. The highest BCUT2D eigenvalue weighted by Gasteiger charge is 2.24. The lowest BCUT2D eigenvalue weighted by atomic mass is 10.2. The number of allylic oxidation sites excluding steroid dienone is 1. The van der Waals surface area contributed by atoms with Crippen LogP contribution in [0, 0.1) is 13.8 Å². The Bertz CT molecular complexity index is 1610. The Hall–Kier alpha value is -3.43. The molecule has 1 aromatic carbocycles. The fourth-order valence-corrected chi connectivity index (χ4v) is 7.17. The lowest BCUT2D eigenvalue weighted by molar-refractivity contribution is 0.0600. The SMILES string of the molecule is C=CCn1c(SCC(=O)c2cc(C)n(-c3ccc(C(=O)OC)cc3)c2C)nc2sc3c(c2c1=O)CCC3. The minimum Gasteiger partial charge on any atom is -0.465 e. The Morgan fingerprint density at radius 2 is 1.97 bits per heavy atom. The van der Waals surface area contributed by atoms with E-state index in [2.05, 4.69) is 6.58 Å². The van der Waals surface area contributed by atoms with E-state index in [0.29, 0.717) is 22.8 Å². The van der Waals surface area contributed by atoms with Crippen molar-refractivity contribution in [2.45, 2.75) is 44.8 Å². The van der Waals surface area contributed by atoms with Gasteiger partial charge in [0.25, 0.3) is 5.56 Å². The zero-order valence-electron chi connectivity index (χ0n) is 21.0. The topological polar surface area (TPSA) is 83.2 Å². The van der Waals surface area contributed by atoms with Crippen LogP contribution in [0.1, 0.15) is 49.0 Å². The minimum atomic E-state index is -0.394. The Morgan fingerprint density at radius 1 is 1.22 bits per heavy atom. The number of Topliss-reactive ketones (excluding diaryl/α,β-unsaturated/α-hetero) is 1. The van der Waals surface area contributed by atoms with Gasteiger partial charge in [0.2, 0.25) is 0 Å². The first-order chi connectivity index (χ1) is 17.8. The second kappa shape index (κ2) is 10.1. The van der Waals surface area contributed by atoms with Crippen LogP contribution >= 0.6 is 23.1 Å². The molecule has 1 aliphatic rings. The first kappa shape index (κ1) is 25.2. The van der Waals surface area contributed by atoms with Gasteiger partial charge >= 0.3 is 5.97 Å². The molecule has 4 aromatic rings. The number of thiophene rings is 1. The van der Waals surface area contributed by atoms with Crippen LogP contribution in [0.25, 0.3) is 15.9 Å². The lowest BCUT2D eigenvalue weighted by Gasteiger charge is -2.11. The van der Waals surface area contributed by atoms with E-state index in [4.69, 9.17) is 9.72 Å². The molecule has 5 rings (SSSR count). The number of carbonyl (C=O) groups is 2. The number of esters is 1. The molecule has 1 aliphatic carbocycles. The van der Waals surface area contributed by atoms with Crippen LogP contribution in [0.4, 0.5) is 0 Å². The molecule has 0 atom stereocenters. The Kier molecular flexibility index (Phi) is 6.92. The molecule has 0 saturated carbocycles. The molecular formula is C28H27N3O4S2. The maximum atomic E-state index is 13.4. The number of hydrogen-bond donors (Lipinski definition) is 0. The van der Waals surface area contributed by atoms with E-state index in [1.165, 1.54) is 23.7 Å². The van der Waals surface area contributed by atoms with E-state index < -0.39 is 5.97 Å². The molecule has 190 valence electrons. The number of aryl methyl sites for hydroxylation is 3. The third-order valence-corrected chi connectivity index (χ3v) is 8.87. The van der Waals surface area contributed by atoms with Crippen LogP contribution < -0.4 is 5.56 Å². The fourth-order valence-electron chi connectivity index (χ4n) is 4.97. The number of ether oxygens (including phenoxy) is 1. The summed E-state index contributed by atoms with van der Waals surface area (Å²) in [5.41, 5.74) is 4.77. The van der Waals surface area contributed by atoms with Crippen LogP contribution in [-0.4, -0.2) is 38.7 Å². The highest BCUT2D eigenvalue weighted by atomic mass is 32.2. The Morgan fingerprint density at radius 3 is 2.68 bits per heavy atom. The highest BCUT2D eigenvalue weighted by molar-refractivity contribution is 7.99. The average molecular weight is 534 g/mol. The Balaban J connectivity index is 1.42. The summed E-state index contributed by atoms with van der Waals surface area (Å²) >= 11 is 2.89. The largest absolute Gasteiger partial charge is 0.465 e. The Labute approximate surface area is 222 Å². The number of methoxy groups -OCH3 is 1. The lowest BCUT2D eigenvalue weighted by Crippen LogP contribution is -2.23. The van der Waals surface area contributed by atoms with Gasteiger partial charge in [-0.3, -0.25) is 14.2 Å². The van der Waals surface area contributed by atoms with Crippen LogP contribution in [0.15, 0.2) is 52.9 Å².